The minimum Gasteiger partial charge on any atom is -0.340 e. The molecular formula is C15H19ClN2O3S. The Morgan fingerprint density at radius 3 is 2.32 bits per heavy atom. The highest BCUT2D eigenvalue weighted by molar-refractivity contribution is 7.89. The zero-order chi connectivity index (χ0) is 15.9. The number of hydrogen-bond donors (Lipinski definition) is 0. The average molecular weight is 343 g/mol. The number of hydrogen-bond acceptors (Lipinski definition) is 3. The number of piperazine rings is 1. The summed E-state index contributed by atoms with van der Waals surface area (Å²) in [6.45, 7) is 3.61. The summed E-state index contributed by atoms with van der Waals surface area (Å²) in [5, 5.41) is 0.229. The molecule has 0 aromatic heterocycles. The summed E-state index contributed by atoms with van der Waals surface area (Å²) in [6.07, 6.45) is 0.955. The molecule has 3 rings (SSSR count). The molecule has 0 N–H and O–H groups in total. The fourth-order valence-electron chi connectivity index (χ4n) is 2.84. The van der Waals surface area contributed by atoms with Crippen LogP contribution in [0.15, 0.2) is 29.2 Å². The number of benzene rings is 1. The summed E-state index contributed by atoms with van der Waals surface area (Å²) in [5.74, 6) is 0.784. The van der Waals surface area contributed by atoms with E-state index in [0.717, 1.165) is 6.42 Å². The topological polar surface area (TPSA) is 57.7 Å². The molecule has 2 aliphatic rings. The molecule has 2 atom stereocenters. The van der Waals surface area contributed by atoms with Gasteiger partial charge in [0.15, 0.2) is 0 Å². The Morgan fingerprint density at radius 2 is 1.77 bits per heavy atom. The molecule has 1 heterocycles. The van der Waals surface area contributed by atoms with Crippen LogP contribution in [0.4, 0.5) is 0 Å². The van der Waals surface area contributed by atoms with Gasteiger partial charge in [-0.15, -0.1) is 0 Å². The standard InChI is InChI=1S/C15H19ClN2O3S/c1-11-10-12(11)15(19)17-6-8-18(9-7-17)22(20,21)14-5-3-2-4-13(14)16/h2-5,11-12H,6-10H2,1H3/t11-,12-/m1/s1. The zero-order valence-electron chi connectivity index (χ0n) is 12.4. The van der Waals surface area contributed by atoms with Crippen molar-refractivity contribution < 1.29 is 13.2 Å². The Kier molecular flexibility index (Phi) is 4.18. The van der Waals surface area contributed by atoms with Gasteiger partial charge in [-0.3, -0.25) is 4.79 Å². The van der Waals surface area contributed by atoms with Crippen LogP contribution in [0.3, 0.4) is 0 Å². The van der Waals surface area contributed by atoms with Gasteiger partial charge in [-0.1, -0.05) is 30.7 Å². The minimum absolute atomic E-state index is 0.132. The highest BCUT2D eigenvalue weighted by Gasteiger charge is 2.42. The van der Waals surface area contributed by atoms with E-state index in [1.54, 1.807) is 23.1 Å². The highest BCUT2D eigenvalue weighted by atomic mass is 35.5. The van der Waals surface area contributed by atoms with E-state index in [9.17, 15) is 13.2 Å². The van der Waals surface area contributed by atoms with Crippen LogP contribution in [0.25, 0.3) is 0 Å². The molecule has 0 radical (unpaired) electrons. The van der Waals surface area contributed by atoms with Crippen LogP contribution in [0.1, 0.15) is 13.3 Å². The molecule has 1 aromatic rings. The van der Waals surface area contributed by atoms with Crippen LogP contribution in [0.2, 0.25) is 5.02 Å². The fourth-order valence-corrected chi connectivity index (χ4v) is 4.76. The summed E-state index contributed by atoms with van der Waals surface area (Å²) in [5.41, 5.74) is 0. The summed E-state index contributed by atoms with van der Waals surface area (Å²) < 4.78 is 26.7. The molecule has 1 aliphatic heterocycles. The maximum atomic E-state index is 12.6. The van der Waals surface area contributed by atoms with E-state index < -0.39 is 10.0 Å². The number of nitrogens with zero attached hydrogens (tertiary/aromatic N) is 2. The van der Waals surface area contributed by atoms with Crippen molar-refractivity contribution in [2.75, 3.05) is 26.2 Å². The zero-order valence-corrected chi connectivity index (χ0v) is 14.0. The van der Waals surface area contributed by atoms with E-state index in [2.05, 4.69) is 6.92 Å². The summed E-state index contributed by atoms with van der Waals surface area (Å²) in [4.78, 5) is 14.1. The maximum absolute atomic E-state index is 12.6. The van der Waals surface area contributed by atoms with Crippen molar-refractivity contribution in [1.29, 1.82) is 0 Å². The maximum Gasteiger partial charge on any atom is 0.244 e. The number of rotatable bonds is 3. The summed E-state index contributed by atoms with van der Waals surface area (Å²) in [6, 6.07) is 6.45. The molecule has 1 saturated heterocycles. The molecule has 1 aliphatic carbocycles. The van der Waals surface area contributed by atoms with Crippen molar-refractivity contribution in [3.05, 3.63) is 29.3 Å². The largest absolute Gasteiger partial charge is 0.340 e. The first-order chi connectivity index (χ1) is 10.4. The Bertz CT molecular complexity index is 684. The Balaban J connectivity index is 1.68. The number of halogens is 1. The lowest BCUT2D eigenvalue weighted by molar-refractivity contribution is -0.134. The lowest BCUT2D eigenvalue weighted by Crippen LogP contribution is -2.51. The van der Waals surface area contributed by atoms with Crippen LogP contribution in [-0.2, 0) is 14.8 Å². The van der Waals surface area contributed by atoms with Gasteiger partial charge in [0.05, 0.1) is 5.02 Å². The predicted molar refractivity (Wildman–Crippen MR) is 84.1 cm³/mol. The Morgan fingerprint density at radius 1 is 1.18 bits per heavy atom. The van der Waals surface area contributed by atoms with Gasteiger partial charge < -0.3 is 4.90 Å². The van der Waals surface area contributed by atoms with Gasteiger partial charge in [-0.25, -0.2) is 8.42 Å². The molecule has 2 fully saturated rings. The van der Waals surface area contributed by atoms with Gasteiger partial charge in [-0.05, 0) is 24.5 Å². The molecule has 0 spiro atoms. The quantitative estimate of drug-likeness (QED) is 0.842. The van der Waals surface area contributed by atoms with E-state index in [0.29, 0.717) is 32.1 Å². The van der Waals surface area contributed by atoms with Gasteiger partial charge in [0.25, 0.3) is 0 Å². The fraction of sp³-hybridized carbons (Fsp3) is 0.533. The SMILES string of the molecule is C[C@@H]1C[C@H]1C(=O)N1CCN(S(=O)(=O)c2ccccc2Cl)CC1. The second kappa shape index (κ2) is 5.83. The van der Waals surface area contributed by atoms with Crippen LogP contribution in [0, 0.1) is 11.8 Å². The smallest absolute Gasteiger partial charge is 0.244 e. The second-order valence-electron chi connectivity index (χ2n) is 5.98. The third-order valence-corrected chi connectivity index (χ3v) is 6.83. The Hall–Kier alpha value is -1.11. The lowest BCUT2D eigenvalue weighted by atomic mass is 10.2. The summed E-state index contributed by atoms with van der Waals surface area (Å²) >= 11 is 6.00. The van der Waals surface area contributed by atoms with Crippen molar-refractivity contribution in [2.45, 2.75) is 18.2 Å². The van der Waals surface area contributed by atoms with Gasteiger partial charge in [0.2, 0.25) is 15.9 Å². The molecule has 7 heteroatoms. The molecule has 120 valence electrons. The predicted octanol–water partition coefficient (Wildman–Crippen LogP) is 1.83. The normalized spacial score (nSPS) is 26.0. The van der Waals surface area contributed by atoms with E-state index in [1.807, 2.05) is 0 Å². The first kappa shape index (κ1) is 15.8. The molecule has 1 saturated carbocycles. The average Bonchev–Trinajstić information content (AvgIpc) is 3.24. The van der Waals surface area contributed by atoms with Crippen LogP contribution in [-0.4, -0.2) is 49.7 Å². The molecule has 0 unspecified atom stereocenters. The highest BCUT2D eigenvalue weighted by Crippen LogP contribution is 2.39. The molecule has 22 heavy (non-hydrogen) atoms. The van der Waals surface area contributed by atoms with E-state index in [1.165, 1.54) is 10.4 Å². The molecule has 1 aromatic carbocycles. The number of sulfonamides is 1. The van der Waals surface area contributed by atoms with Crippen molar-refractivity contribution in [3.63, 3.8) is 0 Å². The van der Waals surface area contributed by atoms with Crippen molar-refractivity contribution in [3.8, 4) is 0 Å². The third-order valence-electron chi connectivity index (χ3n) is 4.43. The number of amides is 1. The second-order valence-corrected chi connectivity index (χ2v) is 8.29. The number of carbonyl (C=O) groups excluding carboxylic acids is 1. The van der Waals surface area contributed by atoms with Gasteiger partial charge in [0.1, 0.15) is 4.90 Å². The van der Waals surface area contributed by atoms with Crippen molar-refractivity contribution in [2.24, 2.45) is 11.8 Å². The van der Waals surface area contributed by atoms with E-state index >= 15 is 0 Å². The van der Waals surface area contributed by atoms with Crippen molar-refractivity contribution >= 4 is 27.5 Å². The van der Waals surface area contributed by atoms with Crippen molar-refractivity contribution in [1.82, 2.24) is 9.21 Å². The van der Waals surface area contributed by atoms with Gasteiger partial charge >= 0.3 is 0 Å². The minimum atomic E-state index is -3.59. The van der Waals surface area contributed by atoms with Crippen LogP contribution >= 0.6 is 11.6 Å². The monoisotopic (exact) mass is 342 g/mol. The molecule has 0 bridgehead atoms. The molecule has 5 nitrogen and oxygen atoms in total. The van der Waals surface area contributed by atoms with E-state index in [4.69, 9.17) is 11.6 Å². The van der Waals surface area contributed by atoms with Crippen LogP contribution < -0.4 is 0 Å². The van der Waals surface area contributed by atoms with Gasteiger partial charge in [0, 0.05) is 32.1 Å². The first-order valence-corrected chi connectivity index (χ1v) is 9.26. The Labute approximate surface area is 135 Å². The van der Waals surface area contributed by atoms with E-state index in [-0.39, 0.29) is 21.7 Å². The molecule has 1 amide bonds. The lowest BCUT2D eigenvalue weighted by Gasteiger charge is -2.34. The summed E-state index contributed by atoms with van der Waals surface area (Å²) in [7, 11) is -3.59. The van der Waals surface area contributed by atoms with Gasteiger partial charge in [-0.2, -0.15) is 4.31 Å². The number of carbonyl (C=O) groups is 1. The third kappa shape index (κ3) is 2.87. The molecular weight excluding hydrogens is 324 g/mol. The first-order valence-electron chi connectivity index (χ1n) is 7.44. The van der Waals surface area contributed by atoms with Crippen LogP contribution in [0.5, 0.6) is 0 Å².